The van der Waals surface area contributed by atoms with Crippen molar-refractivity contribution in [2.24, 2.45) is 0 Å². The Hall–Kier alpha value is -3.62. The number of amides is 1. The number of hydrogen-bond donors (Lipinski definition) is 1. The van der Waals surface area contributed by atoms with Crippen LogP contribution in [0.5, 0.6) is 11.5 Å². The van der Waals surface area contributed by atoms with Gasteiger partial charge in [-0.25, -0.2) is 4.79 Å². The number of esters is 1. The number of carbonyl (C=O) groups excluding carboxylic acids is 2. The van der Waals surface area contributed by atoms with E-state index in [1.165, 1.54) is 20.1 Å². The van der Waals surface area contributed by atoms with Crippen molar-refractivity contribution in [2.75, 3.05) is 19.0 Å². The molecule has 0 saturated heterocycles. The minimum absolute atomic E-state index is 0.112. The van der Waals surface area contributed by atoms with Crippen LogP contribution < -0.4 is 14.8 Å². The van der Waals surface area contributed by atoms with Crippen LogP contribution in [0.3, 0.4) is 0 Å². The molecule has 0 heterocycles. The van der Waals surface area contributed by atoms with Gasteiger partial charge in [-0.3, -0.25) is 14.9 Å². The van der Waals surface area contributed by atoms with Crippen LogP contribution in [0.1, 0.15) is 35.3 Å². The SMILES string of the molecule is CCOc1cc(C(=O)OC(C)C(=O)Nc2ccc(C)cc2C)c([N+](=O)[O-])cc1OC. The third-order valence-corrected chi connectivity index (χ3v) is 4.29. The molecule has 1 atom stereocenters. The average Bonchev–Trinajstić information content (AvgIpc) is 2.69. The second-order valence-electron chi connectivity index (χ2n) is 6.57. The largest absolute Gasteiger partial charge is 0.493 e. The molecule has 2 aromatic carbocycles. The van der Waals surface area contributed by atoms with Crippen molar-refractivity contribution in [3.63, 3.8) is 0 Å². The molecule has 0 aliphatic rings. The Morgan fingerprint density at radius 3 is 2.43 bits per heavy atom. The molecule has 0 aliphatic carbocycles. The van der Waals surface area contributed by atoms with Gasteiger partial charge in [0.2, 0.25) is 0 Å². The normalized spacial score (nSPS) is 11.4. The van der Waals surface area contributed by atoms with Crippen LogP contribution in [0.4, 0.5) is 11.4 Å². The van der Waals surface area contributed by atoms with E-state index >= 15 is 0 Å². The first-order valence-electron chi connectivity index (χ1n) is 9.26. The maximum Gasteiger partial charge on any atom is 0.346 e. The van der Waals surface area contributed by atoms with Gasteiger partial charge in [-0.15, -0.1) is 0 Å². The van der Waals surface area contributed by atoms with Crippen molar-refractivity contribution in [1.82, 2.24) is 0 Å². The Labute approximate surface area is 174 Å². The molecule has 9 heteroatoms. The van der Waals surface area contributed by atoms with E-state index < -0.39 is 28.6 Å². The van der Waals surface area contributed by atoms with Gasteiger partial charge in [0.05, 0.1) is 24.7 Å². The molecule has 0 aromatic heterocycles. The van der Waals surface area contributed by atoms with E-state index in [0.29, 0.717) is 5.69 Å². The summed E-state index contributed by atoms with van der Waals surface area (Å²) in [5.41, 5.74) is 1.64. The van der Waals surface area contributed by atoms with Crippen LogP contribution >= 0.6 is 0 Å². The molecular weight excluding hydrogens is 392 g/mol. The molecule has 0 fully saturated rings. The van der Waals surface area contributed by atoms with Gasteiger partial charge in [-0.05, 0) is 39.3 Å². The highest BCUT2D eigenvalue weighted by Crippen LogP contribution is 2.35. The van der Waals surface area contributed by atoms with Gasteiger partial charge >= 0.3 is 5.97 Å². The van der Waals surface area contributed by atoms with Gasteiger partial charge in [-0.2, -0.15) is 0 Å². The monoisotopic (exact) mass is 416 g/mol. The van der Waals surface area contributed by atoms with Gasteiger partial charge in [-0.1, -0.05) is 17.7 Å². The molecule has 0 aliphatic heterocycles. The Kier molecular flexibility index (Phi) is 7.35. The van der Waals surface area contributed by atoms with E-state index in [0.717, 1.165) is 17.2 Å². The van der Waals surface area contributed by atoms with Crippen LogP contribution in [0.25, 0.3) is 0 Å². The van der Waals surface area contributed by atoms with Gasteiger partial charge in [0.25, 0.3) is 11.6 Å². The molecule has 30 heavy (non-hydrogen) atoms. The molecule has 160 valence electrons. The number of ether oxygens (including phenoxy) is 3. The lowest BCUT2D eigenvalue weighted by Crippen LogP contribution is -2.30. The zero-order valence-corrected chi connectivity index (χ0v) is 17.5. The van der Waals surface area contributed by atoms with E-state index in [4.69, 9.17) is 14.2 Å². The number of anilines is 1. The Morgan fingerprint density at radius 1 is 1.17 bits per heavy atom. The van der Waals surface area contributed by atoms with Crippen LogP contribution in [0.15, 0.2) is 30.3 Å². The maximum absolute atomic E-state index is 12.6. The summed E-state index contributed by atoms with van der Waals surface area (Å²) in [6.45, 7) is 7.14. The number of carbonyl (C=O) groups is 2. The molecule has 0 saturated carbocycles. The van der Waals surface area contributed by atoms with Crippen LogP contribution in [-0.2, 0) is 9.53 Å². The number of hydrogen-bond acceptors (Lipinski definition) is 7. The molecule has 1 amide bonds. The lowest BCUT2D eigenvalue weighted by atomic mass is 10.1. The quantitative estimate of drug-likeness (QED) is 0.395. The van der Waals surface area contributed by atoms with E-state index in [9.17, 15) is 19.7 Å². The number of aryl methyl sites for hydroxylation is 2. The zero-order valence-electron chi connectivity index (χ0n) is 17.5. The minimum Gasteiger partial charge on any atom is -0.493 e. The summed E-state index contributed by atoms with van der Waals surface area (Å²) in [6.07, 6.45) is -1.18. The van der Waals surface area contributed by atoms with E-state index in [2.05, 4.69) is 5.32 Å². The van der Waals surface area contributed by atoms with Crippen molar-refractivity contribution < 1.29 is 28.7 Å². The number of nitro groups is 1. The second kappa shape index (κ2) is 9.73. The summed E-state index contributed by atoms with van der Waals surface area (Å²) >= 11 is 0. The highest BCUT2D eigenvalue weighted by atomic mass is 16.6. The number of nitrogens with one attached hydrogen (secondary N) is 1. The third-order valence-electron chi connectivity index (χ3n) is 4.29. The van der Waals surface area contributed by atoms with Crippen molar-refractivity contribution in [3.8, 4) is 11.5 Å². The lowest BCUT2D eigenvalue weighted by molar-refractivity contribution is -0.385. The predicted octanol–water partition coefficient (Wildman–Crippen LogP) is 3.80. The molecular formula is C21H24N2O7. The highest BCUT2D eigenvalue weighted by Gasteiger charge is 2.28. The maximum atomic E-state index is 12.6. The minimum atomic E-state index is -1.18. The van der Waals surface area contributed by atoms with Gasteiger partial charge < -0.3 is 19.5 Å². The summed E-state index contributed by atoms with van der Waals surface area (Å²) in [5, 5.41) is 14.1. The number of nitrogens with zero attached hydrogens (tertiary/aromatic N) is 1. The number of rotatable bonds is 8. The van der Waals surface area contributed by atoms with Gasteiger partial charge in [0, 0.05) is 11.8 Å². The fourth-order valence-corrected chi connectivity index (χ4v) is 2.76. The van der Waals surface area contributed by atoms with Crippen LogP contribution in [0.2, 0.25) is 0 Å². The predicted molar refractivity (Wildman–Crippen MR) is 110 cm³/mol. The molecule has 0 spiro atoms. The van der Waals surface area contributed by atoms with Crippen molar-refractivity contribution >= 4 is 23.3 Å². The fraction of sp³-hybridized carbons (Fsp3) is 0.333. The van der Waals surface area contributed by atoms with Crippen LogP contribution in [0, 0.1) is 24.0 Å². The van der Waals surface area contributed by atoms with Crippen molar-refractivity contribution in [3.05, 3.63) is 57.1 Å². The summed E-state index contributed by atoms with van der Waals surface area (Å²) in [4.78, 5) is 35.7. The summed E-state index contributed by atoms with van der Waals surface area (Å²) in [6, 6.07) is 7.76. The molecule has 1 N–H and O–H groups in total. The summed E-state index contributed by atoms with van der Waals surface area (Å²) in [7, 11) is 1.33. The molecule has 2 aromatic rings. The summed E-state index contributed by atoms with van der Waals surface area (Å²) in [5.74, 6) is -1.31. The first-order valence-corrected chi connectivity index (χ1v) is 9.26. The van der Waals surface area contributed by atoms with E-state index in [-0.39, 0.29) is 23.7 Å². The fourth-order valence-electron chi connectivity index (χ4n) is 2.76. The summed E-state index contributed by atoms with van der Waals surface area (Å²) < 4.78 is 15.6. The lowest BCUT2D eigenvalue weighted by Gasteiger charge is -2.16. The Balaban J connectivity index is 2.23. The first kappa shape index (κ1) is 22.7. The topological polar surface area (TPSA) is 117 Å². The highest BCUT2D eigenvalue weighted by molar-refractivity contribution is 5.99. The zero-order chi connectivity index (χ0) is 22.4. The number of methoxy groups -OCH3 is 1. The first-order chi connectivity index (χ1) is 14.2. The van der Waals surface area contributed by atoms with Crippen molar-refractivity contribution in [2.45, 2.75) is 33.8 Å². The Bertz CT molecular complexity index is 972. The molecule has 2 rings (SSSR count). The van der Waals surface area contributed by atoms with Crippen molar-refractivity contribution in [1.29, 1.82) is 0 Å². The second-order valence-corrected chi connectivity index (χ2v) is 6.57. The molecule has 0 radical (unpaired) electrons. The molecule has 1 unspecified atom stereocenters. The van der Waals surface area contributed by atoms with E-state index in [1.54, 1.807) is 13.0 Å². The van der Waals surface area contributed by atoms with Crippen LogP contribution in [-0.4, -0.2) is 36.6 Å². The molecule has 0 bridgehead atoms. The third kappa shape index (κ3) is 5.25. The standard InChI is InChI=1S/C21H24N2O7/c1-6-29-19-10-15(17(23(26)27)11-18(19)28-5)21(25)30-14(4)20(24)22-16-8-7-12(2)9-13(16)3/h7-11,14H,6H2,1-5H3,(H,22,24). The molecule has 9 nitrogen and oxygen atoms in total. The number of benzene rings is 2. The van der Waals surface area contributed by atoms with Gasteiger partial charge in [0.1, 0.15) is 5.56 Å². The average molecular weight is 416 g/mol. The van der Waals surface area contributed by atoms with E-state index in [1.807, 2.05) is 26.0 Å². The van der Waals surface area contributed by atoms with Gasteiger partial charge in [0.15, 0.2) is 17.6 Å². The smallest absolute Gasteiger partial charge is 0.346 e. The Morgan fingerprint density at radius 2 is 1.87 bits per heavy atom. The number of nitro benzene ring substituents is 1.